The van der Waals surface area contributed by atoms with E-state index in [1.807, 2.05) is 6.07 Å². The highest BCUT2D eigenvalue weighted by Gasteiger charge is 2.20. The van der Waals surface area contributed by atoms with Crippen molar-refractivity contribution in [2.45, 2.75) is 19.3 Å². The van der Waals surface area contributed by atoms with Crippen LogP contribution >= 0.6 is 23.2 Å². The van der Waals surface area contributed by atoms with Gasteiger partial charge in [0.15, 0.2) is 0 Å². The molecule has 1 aliphatic heterocycles. The van der Waals surface area contributed by atoms with Gasteiger partial charge in [-0.15, -0.1) is 0 Å². The van der Waals surface area contributed by atoms with Gasteiger partial charge in [-0.3, -0.25) is 4.79 Å². The summed E-state index contributed by atoms with van der Waals surface area (Å²) in [5.74, 6) is 0.510. The van der Waals surface area contributed by atoms with Gasteiger partial charge in [0.25, 0.3) is 0 Å². The first-order valence-corrected chi connectivity index (χ1v) is 6.60. The van der Waals surface area contributed by atoms with Gasteiger partial charge in [0.05, 0.1) is 10.0 Å². The molecule has 1 saturated heterocycles. The zero-order valence-electron chi connectivity index (χ0n) is 9.51. The van der Waals surface area contributed by atoms with E-state index in [1.165, 1.54) is 0 Å². The van der Waals surface area contributed by atoms with Crippen LogP contribution in [0, 0.1) is 5.92 Å². The predicted octanol–water partition coefficient (Wildman–Crippen LogP) is 3.10. The van der Waals surface area contributed by atoms with E-state index in [1.54, 1.807) is 12.1 Å². The highest BCUT2D eigenvalue weighted by atomic mass is 35.5. The van der Waals surface area contributed by atoms with Crippen molar-refractivity contribution < 1.29 is 4.79 Å². The first-order valence-electron chi connectivity index (χ1n) is 5.84. The highest BCUT2D eigenvalue weighted by molar-refractivity contribution is 6.42. The highest BCUT2D eigenvalue weighted by Crippen LogP contribution is 2.24. The molecule has 1 N–H and O–H groups in total. The Bertz CT molecular complexity index is 414. The summed E-state index contributed by atoms with van der Waals surface area (Å²) < 4.78 is 0. The Kier molecular flexibility index (Phi) is 4.43. The number of rotatable bonds is 3. The molecular weight excluding hydrogens is 257 g/mol. The second-order valence-corrected chi connectivity index (χ2v) is 5.23. The number of halogens is 2. The van der Waals surface area contributed by atoms with Crippen molar-refractivity contribution in [2.24, 2.45) is 5.92 Å². The third-order valence-corrected chi connectivity index (χ3v) is 3.90. The lowest BCUT2D eigenvalue weighted by molar-refractivity contribution is -0.122. The molecule has 0 aromatic heterocycles. The zero-order valence-corrected chi connectivity index (χ0v) is 11.0. The lowest BCUT2D eigenvalue weighted by Crippen LogP contribution is -2.32. The van der Waals surface area contributed by atoms with Crippen LogP contribution in [0.2, 0.25) is 10.0 Å². The van der Waals surface area contributed by atoms with Gasteiger partial charge in [0, 0.05) is 12.3 Å². The van der Waals surface area contributed by atoms with Crippen molar-refractivity contribution in [1.82, 2.24) is 5.32 Å². The molecule has 0 atom stereocenters. The Labute approximate surface area is 111 Å². The van der Waals surface area contributed by atoms with Crippen LogP contribution in [-0.4, -0.2) is 18.9 Å². The van der Waals surface area contributed by atoms with E-state index in [4.69, 9.17) is 23.2 Å². The summed E-state index contributed by atoms with van der Waals surface area (Å²) in [6, 6.07) is 5.39. The summed E-state index contributed by atoms with van der Waals surface area (Å²) in [5, 5.41) is 4.31. The minimum Gasteiger partial charge on any atom is -0.317 e. The number of hydrogen-bond donors (Lipinski definition) is 1. The van der Waals surface area contributed by atoms with Crippen molar-refractivity contribution in [3.8, 4) is 0 Å². The third-order valence-electron chi connectivity index (χ3n) is 3.16. The summed E-state index contributed by atoms with van der Waals surface area (Å²) in [6.07, 6.45) is 2.35. The maximum atomic E-state index is 12.1. The van der Waals surface area contributed by atoms with Crippen LogP contribution in [0.15, 0.2) is 18.2 Å². The predicted molar refractivity (Wildman–Crippen MR) is 70.8 cm³/mol. The Morgan fingerprint density at radius 2 is 1.94 bits per heavy atom. The van der Waals surface area contributed by atoms with Crippen LogP contribution in [0.4, 0.5) is 0 Å². The van der Waals surface area contributed by atoms with E-state index >= 15 is 0 Å². The Hall–Kier alpha value is -0.570. The second-order valence-electron chi connectivity index (χ2n) is 4.42. The maximum Gasteiger partial charge on any atom is 0.140 e. The van der Waals surface area contributed by atoms with E-state index in [-0.39, 0.29) is 5.92 Å². The monoisotopic (exact) mass is 271 g/mol. The molecule has 0 unspecified atom stereocenters. The Morgan fingerprint density at radius 1 is 1.24 bits per heavy atom. The van der Waals surface area contributed by atoms with Gasteiger partial charge in [0.1, 0.15) is 5.78 Å². The molecule has 1 fully saturated rings. The number of piperidine rings is 1. The first kappa shape index (κ1) is 12.9. The van der Waals surface area contributed by atoms with Gasteiger partial charge < -0.3 is 5.32 Å². The Morgan fingerprint density at radius 3 is 2.59 bits per heavy atom. The molecule has 1 aliphatic rings. The van der Waals surface area contributed by atoms with Gasteiger partial charge in [-0.25, -0.2) is 0 Å². The Balaban J connectivity index is 1.99. The number of nitrogens with one attached hydrogen (secondary N) is 1. The average molecular weight is 272 g/mol. The second kappa shape index (κ2) is 5.85. The van der Waals surface area contributed by atoms with Crippen LogP contribution in [0.3, 0.4) is 0 Å². The van der Waals surface area contributed by atoms with Crippen LogP contribution in [0.25, 0.3) is 0 Å². The maximum absolute atomic E-state index is 12.1. The molecule has 0 bridgehead atoms. The van der Waals surface area contributed by atoms with Crippen molar-refractivity contribution >= 4 is 29.0 Å². The SMILES string of the molecule is O=C(Cc1ccc(Cl)c(Cl)c1)C1CCNCC1. The van der Waals surface area contributed by atoms with Crippen molar-refractivity contribution in [1.29, 1.82) is 0 Å². The quantitative estimate of drug-likeness (QED) is 0.916. The van der Waals surface area contributed by atoms with Crippen molar-refractivity contribution in [3.63, 3.8) is 0 Å². The molecule has 2 rings (SSSR count). The molecular formula is C13H15Cl2NO. The summed E-state index contributed by atoms with van der Waals surface area (Å²) in [7, 11) is 0. The summed E-state index contributed by atoms with van der Waals surface area (Å²) in [6.45, 7) is 1.88. The lowest BCUT2D eigenvalue weighted by Gasteiger charge is -2.21. The molecule has 0 aliphatic carbocycles. The van der Waals surface area contributed by atoms with E-state index in [2.05, 4.69) is 5.32 Å². The molecule has 1 aromatic rings. The lowest BCUT2D eigenvalue weighted by atomic mass is 9.90. The molecule has 1 aromatic carbocycles. The van der Waals surface area contributed by atoms with Crippen LogP contribution in [0.5, 0.6) is 0 Å². The van der Waals surface area contributed by atoms with Crippen LogP contribution in [-0.2, 0) is 11.2 Å². The van der Waals surface area contributed by atoms with Crippen LogP contribution in [0.1, 0.15) is 18.4 Å². The molecule has 17 heavy (non-hydrogen) atoms. The van der Waals surface area contributed by atoms with E-state index in [0.29, 0.717) is 22.2 Å². The van der Waals surface area contributed by atoms with E-state index in [9.17, 15) is 4.79 Å². The number of carbonyl (C=O) groups is 1. The van der Waals surface area contributed by atoms with E-state index in [0.717, 1.165) is 31.5 Å². The van der Waals surface area contributed by atoms with Gasteiger partial charge in [-0.2, -0.15) is 0 Å². The minimum absolute atomic E-state index is 0.200. The summed E-state index contributed by atoms with van der Waals surface area (Å²) in [4.78, 5) is 12.1. The summed E-state index contributed by atoms with van der Waals surface area (Å²) >= 11 is 11.8. The minimum atomic E-state index is 0.200. The zero-order chi connectivity index (χ0) is 12.3. The largest absolute Gasteiger partial charge is 0.317 e. The fraction of sp³-hybridized carbons (Fsp3) is 0.462. The molecule has 1 heterocycles. The molecule has 0 radical (unpaired) electrons. The molecule has 0 saturated carbocycles. The molecule has 0 spiro atoms. The number of hydrogen-bond acceptors (Lipinski definition) is 2. The number of Topliss-reactive ketones (excluding diaryl/α,β-unsaturated/α-hetero) is 1. The van der Waals surface area contributed by atoms with Crippen molar-refractivity contribution in [3.05, 3.63) is 33.8 Å². The molecule has 4 heteroatoms. The topological polar surface area (TPSA) is 29.1 Å². The van der Waals surface area contributed by atoms with Crippen LogP contribution < -0.4 is 5.32 Å². The molecule has 2 nitrogen and oxygen atoms in total. The number of carbonyl (C=O) groups excluding carboxylic acids is 1. The fourth-order valence-electron chi connectivity index (χ4n) is 2.14. The number of benzene rings is 1. The molecule has 92 valence electrons. The standard InChI is InChI=1S/C13H15Cl2NO/c14-11-2-1-9(7-12(11)15)8-13(17)10-3-5-16-6-4-10/h1-2,7,10,16H,3-6,8H2. The third kappa shape index (κ3) is 3.44. The smallest absolute Gasteiger partial charge is 0.140 e. The van der Waals surface area contributed by atoms with Gasteiger partial charge in [-0.1, -0.05) is 29.3 Å². The van der Waals surface area contributed by atoms with Gasteiger partial charge in [-0.05, 0) is 43.6 Å². The van der Waals surface area contributed by atoms with Gasteiger partial charge >= 0.3 is 0 Å². The first-order chi connectivity index (χ1) is 8.16. The number of ketones is 1. The molecule has 0 amide bonds. The van der Waals surface area contributed by atoms with Crippen molar-refractivity contribution in [2.75, 3.05) is 13.1 Å². The fourth-order valence-corrected chi connectivity index (χ4v) is 2.46. The average Bonchev–Trinajstić information content (AvgIpc) is 2.35. The van der Waals surface area contributed by atoms with Gasteiger partial charge in [0.2, 0.25) is 0 Å². The normalized spacial score (nSPS) is 17.1. The summed E-state index contributed by atoms with van der Waals surface area (Å²) in [5.41, 5.74) is 0.947. The van der Waals surface area contributed by atoms with E-state index < -0.39 is 0 Å².